The predicted octanol–water partition coefficient (Wildman–Crippen LogP) is 2.07. The normalized spacial score (nSPS) is 16.3. The Labute approximate surface area is 109 Å². The van der Waals surface area contributed by atoms with E-state index in [1.807, 2.05) is 0 Å². The van der Waals surface area contributed by atoms with Gasteiger partial charge in [-0.3, -0.25) is 4.79 Å². The molecule has 0 radical (unpaired) electrons. The van der Waals surface area contributed by atoms with Gasteiger partial charge < -0.3 is 15.3 Å². The third-order valence-electron chi connectivity index (χ3n) is 3.45. The fourth-order valence-corrected chi connectivity index (χ4v) is 2.41. The minimum absolute atomic E-state index is 0.0917. The summed E-state index contributed by atoms with van der Waals surface area (Å²) < 4.78 is 0. The van der Waals surface area contributed by atoms with Crippen LogP contribution < -0.4 is 5.32 Å². The number of aliphatic carboxylic acids is 1. The first kappa shape index (κ1) is 14.8. The van der Waals surface area contributed by atoms with Gasteiger partial charge in [0.2, 0.25) is 0 Å². The van der Waals surface area contributed by atoms with Crippen LogP contribution in [0.5, 0.6) is 0 Å². The van der Waals surface area contributed by atoms with Crippen LogP contribution in [0.1, 0.15) is 44.9 Å². The number of rotatable bonds is 6. The van der Waals surface area contributed by atoms with Crippen molar-refractivity contribution in [2.24, 2.45) is 5.92 Å². The molecule has 5 heteroatoms. The van der Waals surface area contributed by atoms with Crippen LogP contribution in [0.4, 0.5) is 4.79 Å². The van der Waals surface area contributed by atoms with Crippen molar-refractivity contribution in [2.75, 3.05) is 20.1 Å². The van der Waals surface area contributed by atoms with Crippen molar-refractivity contribution < 1.29 is 14.7 Å². The lowest BCUT2D eigenvalue weighted by molar-refractivity contribution is -0.137. The Morgan fingerprint density at radius 2 is 1.94 bits per heavy atom. The average Bonchev–Trinajstić information content (AvgIpc) is 2.35. The summed E-state index contributed by atoms with van der Waals surface area (Å²) >= 11 is 0. The SMILES string of the molecule is CN(CC1CCCCC1)C(=O)NCCCC(=O)O. The van der Waals surface area contributed by atoms with Crippen molar-refractivity contribution in [1.82, 2.24) is 10.2 Å². The summed E-state index contributed by atoms with van der Waals surface area (Å²) in [4.78, 5) is 23.8. The Balaban J connectivity index is 2.13. The molecule has 18 heavy (non-hydrogen) atoms. The van der Waals surface area contributed by atoms with Gasteiger partial charge in [-0.15, -0.1) is 0 Å². The standard InChI is InChI=1S/C13H24N2O3/c1-15(10-11-6-3-2-4-7-11)13(18)14-9-5-8-12(16)17/h11H,2-10H2,1H3,(H,14,18)(H,16,17). The van der Waals surface area contributed by atoms with E-state index in [2.05, 4.69) is 5.32 Å². The number of carboxylic acid groups (broad SMARTS) is 1. The van der Waals surface area contributed by atoms with Gasteiger partial charge in [-0.25, -0.2) is 4.79 Å². The Morgan fingerprint density at radius 3 is 2.56 bits per heavy atom. The molecule has 0 aromatic heterocycles. The summed E-state index contributed by atoms with van der Waals surface area (Å²) in [6.07, 6.45) is 6.90. The summed E-state index contributed by atoms with van der Waals surface area (Å²) in [5, 5.41) is 11.2. The number of amides is 2. The van der Waals surface area contributed by atoms with Crippen molar-refractivity contribution in [1.29, 1.82) is 0 Å². The van der Waals surface area contributed by atoms with E-state index in [1.54, 1.807) is 11.9 Å². The van der Waals surface area contributed by atoms with Crippen molar-refractivity contribution >= 4 is 12.0 Å². The van der Waals surface area contributed by atoms with Crippen LogP contribution in [-0.2, 0) is 4.79 Å². The highest BCUT2D eigenvalue weighted by molar-refractivity contribution is 5.73. The summed E-state index contributed by atoms with van der Waals surface area (Å²) in [7, 11) is 1.81. The second-order valence-electron chi connectivity index (χ2n) is 5.11. The van der Waals surface area contributed by atoms with Crippen molar-refractivity contribution in [3.05, 3.63) is 0 Å². The molecule has 0 atom stereocenters. The molecule has 104 valence electrons. The number of nitrogens with zero attached hydrogens (tertiary/aromatic N) is 1. The van der Waals surface area contributed by atoms with Crippen molar-refractivity contribution in [3.8, 4) is 0 Å². The molecular weight excluding hydrogens is 232 g/mol. The summed E-state index contributed by atoms with van der Waals surface area (Å²) in [5.74, 6) is -0.187. The van der Waals surface area contributed by atoms with Gasteiger partial charge in [-0.2, -0.15) is 0 Å². The van der Waals surface area contributed by atoms with E-state index in [4.69, 9.17) is 5.11 Å². The van der Waals surface area contributed by atoms with E-state index in [-0.39, 0.29) is 12.5 Å². The molecule has 1 rings (SSSR count). The molecule has 2 amide bonds. The first-order valence-corrected chi connectivity index (χ1v) is 6.80. The highest BCUT2D eigenvalue weighted by Gasteiger charge is 2.17. The van der Waals surface area contributed by atoms with Crippen molar-refractivity contribution in [2.45, 2.75) is 44.9 Å². The molecule has 0 unspecified atom stereocenters. The maximum atomic E-state index is 11.7. The van der Waals surface area contributed by atoms with Crippen LogP contribution in [0.2, 0.25) is 0 Å². The number of nitrogens with one attached hydrogen (secondary N) is 1. The number of carbonyl (C=O) groups excluding carboxylic acids is 1. The topological polar surface area (TPSA) is 69.6 Å². The van der Waals surface area contributed by atoms with E-state index in [0.29, 0.717) is 18.9 Å². The molecule has 5 nitrogen and oxygen atoms in total. The Morgan fingerprint density at radius 1 is 1.28 bits per heavy atom. The third kappa shape index (κ3) is 5.89. The fourth-order valence-electron chi connectivity index (χ4n) is 2.41. The Hall–Kier alpha value is -1.26. The number of urea groups is 1. The predicted molar refractivity (Wildman–Crippen MR) is 69.5 cm³/mol. The van der Waals surface area contributed by atoms with Gasteiger partial charge in [0.1, 0.15) is 0 Å². The molecule has 1 fully saturated rings. The molecule has 1 aliphatic rings. The molecule has 0 aliphatic heterocycles. The van der Waals surface area contributed by atoms with Crippen LogP contribution >= 0.6 is 0 Å². The van der Waals surface area contributed by atoms with E-state index in [1.165, 1.54) is 32.1 Å². The number of hydrogen-bond donors (Lipinski definition) is 2. The maximum absolute atomic E-state index is 11.7. The Kier molecular flexibility index (Phi) is 6.54. The lowest BCUT2D eigenvalue weighted by Gasteiger charge is -2.27. The highest BCUT2D eigenvalue weighted by Crippen LogP contribution is 2.23. The van der Waals surface area contributed by atoms with Crippen LogP contribution in [0.3, 0.4) is 0 Å². The number of carbonyl (C=O) groups is 2. The van der Waals surface area contributed by atoms with Gasteiger partial charge in [-0.05, 0) is 25.2 Å². The van der Waals surface area contributed by atoms with Crippen molar-refractivity contribution in [3.63, 3.8) is 0 Å². The fraction of sp³-hybridized carbons (Fsp3) is 0.846. The van der Waals surface area contributed by atoms with E-state index in [0.717, 1.165) is 6.54 Å². The van der Waals surface area contributed by atoms with Gasteiger partial charge in [0.25, 0.3) is 0 Å². The summed E-state index contributed by atoms with van der Waals surface area (Å²) in [6.45, 7) is 1.24. The van der Waals surface area contributed by atoms with Gasteiger partial charge in [0, 0.05) is 26.6 Å². The van der Waals surface area contributed by atoms with E-state index in [9.17, 15) is 9.59 Å². The molecule has 0 saturated heterocycles. The molecule has 1 aliphatic carbocycles. The zero-order chi connectivity index (χ0) is 13.4. The van der Waals surface area contributed by atoms with Gasteiger partial charge in [0.15, 0.2) is 0 Å². The van der Waals surface area contributed by atoms with Crippen LogP contribution in [-0.4, -0.2) is 42.1 Å². The molecule has 0 aromatic rings. The molecular formula is C13H24N2O3. The molecule has 0 aromatic carbocycles. The number of hydrogen-bond acceptors (Lipinski definition) is 2. The lowest BCUT2D eigenvalue weighted by Crippen LogP contribution is -2.40. The maximum Gasteiger partial charge on any atom is 0.317 e. The van der Waals surface area contributed by atoms with Crippen LogP contribution in [0.25, 0.3) is 0 Å². The minimum atomic E-state index is -0.820. The quantitative estimate of drug-likeness (QED) is 0.715. The summed E-state index contributed by atoms with van der Waals surface area (Å²) in [6, 6.07) is -0.0917. The largest absolute Gasteiger partial charge is 0.481 e. The first-order valence-electron chi connectivity index (χ1n) is 6.80. The zero-order valence-electron chi connectivity index (χ0n) is 11.2. The first-order chi connectivity index (χ1) is 8.59. The summed E-state index contributed by atoms with van der Waals surface area (Å²) in [5.41, 5.74) is 0. The third-order valence-corrected chi connectivity index (χ3v) is 3.45. The monoisotopic (exact) mass is 256 g/mol. The minimum Gasteiger partial charge on any atom is -0.481 e. The average molecular weight is 256 g/mol. The van der Waals surface area contributed by atoms with Gasteiger partial charge >= 0.3 is 12.0 Å². The highest BCUT2D eigenvalue weighted by atomic mass is 16.4. The molecule has 2 N–H and O–H groups in total. The second-order valence-corrected chi connectivity index (χ2v) is 5.11. The van der Waals surface area contributed by atoms with E-state index >= 15 is 0 Å². The van der Waals surface area contributed by atoms with Gasteiger partial charge in [0.05, 0.1) is 0 Å². The van der Waals surface area contributed by atoms with E-state index < -0.39 is 5.97 Å². The van der Waals surface area contributed by atoms with Gasteiger partial charge in [-0.1, -0.05) is 19.3 Å². The molecule has 0 heterocycles. The second kappa shape index (κ2) is 7.95. The lowest BCUT2D eigenvalue weighted by atomic mass is 9.89. The molecule has 1 saturated carbocycles. The smallest absolute Gasteiger partial charge is 0.317 e. The molecule has 0 spiro atoms. The van der Waals surface area contributed by atoms with Crippen LogP contribution in [0, 0.1) is 5.92 Å². The molecule has 0 bridgehead atoms. The zero-order valence-corrected chi connectivity index (χ0v) is 11.2. The number of carboxylic acids is 1. The van der Waals surface area contributed by atoms with Crippen LogP contribution in [0.15, 0.2) is 0 Å². The Bertz CT molecular complexity index is 275.